The lowest BCUT2D eigenvalue weighted by atomic mass is 10.1. The molecule has 1 aromatic carbocycles. The van der Waals surface area contributed by atoms with Crippen molar-refractivity contribution < 1.29 is 4.42 Å². The van der Waals surface area contributed by atoms with Gasteiger partial charge in [-0.1, -0.05) is 49.4 Å². The molecule has 0 N–H and O–H groups in total. The molecule has 3 rings (SSSR count). The first-order valence-corrected chi connectivity index (χ1v) is 5.93. The van der Waals surface area contributed by atoms with E-state index in [9.17, 15) is 0 Å². The van der Waals surface area contributed by atoms with E-state index < -0.39 is 0 Å². The summed E-state index contributed by atoms with van der Waals surface area (Å²) in [5.41, 5.74) is 4.86. The van der Waals surface area contributed by atoms with Gasteiger partial charge in [0, 0.05) is 11.1 Å². The summed E-state index contributed by atoms with van der Waals surface area (Å²) >= 11 is 0. The number of aryl methyl sites for hydroxylation is 1. The zero-order chi connectivity index (χ0) is 11.7. The molecule has 0 saturated carbocycles. The van der Waals surface area contributed by atoms with Crippen LogP contribution in [0.4, 0.5) is 0 Å². The van der Waals surface area contributed by atoms with E-state index in [-0.39, 0.29) is 0 Å². The molecule has 2 aliphatic rings. The highest BCUT2D eigenvalue weighted by molar-refractivity contribution is 5.71. The normalized spacial score (nSPS) is 10.9. The van der Waals surface area contributed by atoms with Crippen LogP contribution in [0, 0.1) is 0 Å². The Morgan fingerprint density at radius 3 is 2.41 bits per heavy atom. The van der Waals surface area contributed by atoms with Gasteiger partial charge in [0.15, 0.2) is 0 Å². The van der Waals surface area contributed by atoms with Crippen molar-refractivity contribution in [2.45, 2.75) is 13.3 Å². The van der Waals surface area contributed by atoms with Crippen molar-refractivity contribution in [3.05, 3.63) is 60.4 Å². The summed E-state index contributed by atoms with van der Waals surface area (Å²) in [7, 11) is 0. The molecule has 1 aliphatic carbocycles. The fourth-order valence-corrected chi connectivity index (χ4v) is 2.04. The largest absolute Gasteiger partial charge is 0.464 e. The summed E-state index contributed by atoms with van der Waals surface area (Å²) in [4.78, 5) is 0. The van der Waals surface area contributed by atoms with Gasteiger partial charge in [-0.2, -0.15) is 0 Å². The highest BCUT2D eigenvalue weighted by Gasteiger charge is 2.06. The standard InChI is InChI=1S/C16H14O/c1-2-12-6-8-13(9-7-12)16-10-14-4-3-5-15(14)11-17-16/h3-11H,2H2,1H3. The van der Waals surface area contributed by atoms with E-state index in [1.807, 2.05) is 12.3 Å². The molecular formula is C16H14O. The molecule has 0 atom stereocenters. The van der Waals surface area contributed by atoms with Crippen molar-refractivity contribution in [1.82, 2.24) is 0 Å². The maximum Gasteiger partial charge on any atom is 0.134 e. The van der Waals surface area contributed by atoms with Crippen LogP contribution in [-0.2, 0) is 6.42 Å². The Balaban J connectivity index is 2.05. The first-order chi connectivity index (χ1) is 8.36. The van der Waals surface area contributed by atoms with Gasteiger partial charge in [-0.3, -0.25) is 0 Å². The molecule has 84 valence electrons. The van der Waals surface area contributed by atoms with E-state index in [2.05, 4.69) is 49.4 Å². The van der Waals surface area contributed by atoms with Crippen LogP contribution in [0.5, 0.6) is 0 Å². The smallest absolute Gasteiger partial charge is 0.134 e. The van der Waals surface area contributed by atoms with E-state index in [1.54, 1.807) is 0 Å². The molecule has 1 nitrogen and oxygen atoms in total. The zero-order valence-corrected chi connectivity index (χ0v) is 9.81. The van der Waals surface area contributed by atoms with Crippen LogP contribution in [0.1, 0.15) is 12.5 Å². The van der Waals surface area contributed by atoms with Gasteiger partial charge < -0.3 is 4.42 Å². The lowest BCUT2D eigenvalue weighted by molar-refractivity contribution is 0.568. The van der Waals surface area contributed by atoms with Crippen LogP contribution in [0.3, 0.4) is 0 Å². The second-order valence-electron chi connectivity index (χ2n) is 4.23. The van der Waals surface area contributed by atoms with E-state index in [4.69, 9.17) is 4.42 Å². The molecule has 0 aromatic heterocycles. The summed E-state index contributed by atoms with van der Waals surface area (Å²) < 4.78 is 5.66. The van der Waals surface area contributed by atoms with E-state index >= 15 is 0 Å². The molecule has 0 bridgehead atoms. The first-order valence-electron chi connectivity index (χ1n) is 5.93. The lowest BCUT2D eigenvalue weighted by Crippen LogP contribution is -1.82. The predicted octanol–water partition coefficient (Wildman–Crippen LogP) is 4.61. The molecule has 0 amide bonds. The Kier molecular flexibility index (Phi) is 2.45. The summed E-state index contributed by atoms with van der Waals surface area (Å²) in [6.07, 6.45) is 2.89. The Labute approximate surface area is 101 Å². The average molecular weight is 222 g/mol. The number of hydrogen-bond donors (Lipinski definition) is 0. The molecule has 1 heterocycles. The topological polar surface area (TPSA) is 13.1 Å². The summed E-state index contributed by atoms with van der Waals surface area (Å²) in [6.45, 7) is 2.16. The highest BCUT2D eigenvalue weighted by atomic mass is 16.3. The third kappa shape index (κ3) is 1.84. The van der Waals surface area contributed by atoms with E-state index in [0.717, 1.165) is 23.3 Å². The lowest BCUT2D eigenvalue weighted by Gasteiger charge is -2.05. The van der Waals surface area contributed by atoms with Crippen LogP contribution in [0.15, 0.2) is 59.2 Å². The fourth-order valence-electron chi connectivity index (χ4n) is 2.04. The summed E-state index contributed by atoms with van der Waals surface area (Å²) in [5, 5.41) is 0. The zero-order valence-electron chi connectivity index (χ0n) is 9.81. The van der Waals surface area contributed by atoms with Gasteiger partial charge in [-0.25, -0.2) is 0 Å². The minimum atomic E-state index is 0.923. The predicted molar refractivity (Wildman–Crippen MR) is 70.1 cm³/mol. The number of benzene rings is 1. The summed E-state index contributed by atoms with van der Waals surface area (Å²) in [5.74, 6) is 0.923. The molecule has 0 spiro atoms. The monoisotopic (exact) mass is 222 g/mol. The Bertz CT molecular complexity index is 589. The maximum absolute atomic E-state index is 5.66. The van der Waals surface area contributed by atoms with Crippen molar-refractivity contribution in [2.24, 2.45) is 0 Å². The van der Waals surface area contributed by atoms with Crippen molar-refractivity contribution in [2.75, 3.05) is 0 Å². The molecule has 17 heavy (non-hydrogen) atoms. The average Bonchev–Trinajstić information content (AvgIpc) is 2.86. The molecule has 1 heteroatoms. The van der Waals surface area contributed by atoms with E-state index in [1.165, 1.54) is 11.1 Å². The Morgan fingerprint density at radius 1 is 0.882 bits per heavy atom. The third-order valence-corrected chi connectivity index (χ3v) is 3.13. The first kappa shape index (κ1) is 10.2. The van der Waals surface area contributed by atoms with Crippen LogP contribution < -0.4 is 0 Å². The molecule has 1 aliphatic heterocycles. The van der Waals surface area contributed by atoms with Gasteiger partial charge in [-0.15, -0.1) is 0 Å². The van der Waals surface area contributed by atoms with Crippen molar-refractivity contribution in [3.63, 3.8) is 0 Å². The third-order valence-electron chi connectivity index (χ3n) is 3.13. The minimum Gasteiger partial charge on any atom is -0.464 e. The van der Waals surface area contributed by atoms with Gasteiger partial charge >= 0.3 is 0 Å². The molecular weight excluding hydrogens is 208 g/mol. The Morgan fingerprint density at radius 2 is 1.65 bits per heavy atom. The fraction of sp³-hybridized carbons (Fsp3) is 0.125. The quantitative estimate of drug-likeness (QED) is 0.617. The van der Waals surface area contributed by atoms with E-state index in [0.29, 0.717) is 0 Å². The highest BCUT2D eigenvalue weighted by Crippen LogP contribution is 2.29. The SMILES string of the molecule is CCc1ccc(-c2cc3cccc-3co2)cc1. The molecule has 0 fully saturated rings. The second kappa shape index (κ2) is 4.10. The van der Waals surface area contributed by atoms with Crippen molar-refractivity contribution in [3.8, 4) is 22.5 Å². The van der Waals surface area contributed by atoms with Crippen LogP contribution >= 0.6 is 0 Å². The van der Waals surface area contributed by atoms with Gasteiger partial charge in [0.25, 0.3) is 0 Å². The van der Waals surface area contributed by atoms with Crippen molar-refractivity contribution in [1.29, 1.82) is 0 Å². The van der Waals surface area contributed by atoms with Gasteiger partial charge in [0.05, 0.1) is 6.26 Å². The number of fused-ring (bicyclic) bond motifs is 1. The minimum absolute atomic E-state index is 0.923. The van der Waals surface area contributed by atoms with Crippen LogP contribution in [0.25, 0.3) is 22.5 Å². The van der Waals surface area contributed by atoms with Crippen LogP contribution in [0.2, 0.25) is 0 Å². The summed E-state index contributed by atoms with van der Waals surface area (Å²) in [6, 6.07) is 16.8. The van der Waals surface area contributed by atoms with Gasteiger partial charge in [-0.05, 0) is 23.6 Å². The van der Waals surface area contributed by atoms with Gasteiger partial charge in [0.2, 0.25) is 0 Å². The maximum atomic E-state index is 5.66. The number of rotatable bonds is 2. The second-order valence-corrected chi connectivity index (χ2v) is 4.23. The number of hydrogen-bond acceptors (Lipinski definition) is 1. The Hall–Kier alpha value is -2.02. The van der Waals surface area contributed by atoms with Gasteiger partial charge in [0.1, 0.15) is 5.76 Å². The molecule has 0 radical (unpaired) electrons. The van der Waals surface area contributed by atoms with Crippen LogP contribution in [-0.4, -0.2) is 0 Å². The van der Waals surface area contributed by atoms with Crippen molar-refractivity contribution >= 4 is 0 Å². The molecule has 1 aromatic rings. The molecule has 0 unspecified atom stereocenters. The molecule has 0 saturated heterocycles.